The second-order valence-electron chi connectivity index (χ2n) is 7.85. The van der Waals surface area contributed by atoms with E-state index >= 15 is 0 Å². The van der Waals surface area contributed by atoms with Crippen LogP contribution >= 0.6 is 23.4 Å². The summed E-state index contributed by atoms with van der Waals surface area (Å²) in [7, 11) is 1.91. The van der Waals surface area contributed by atoms with Gasteiger partial charge in [-0.15, -0.1) is 10.2 Å². The number of benzene rings is 2. The summed E-state index contributed by atoms with van der Waals surface area (Å²) in [6, 6.07) is 15.9. The van der Waals surface area contributed by atoms with Crippen LogP contribution in [-0.2, 0) is 23.8 Å². The Balaban J connectivity index is 1.59. The number of rotatable bonds is 6. The summed E-state index contributed by atoms with van der Waals surface area (Å²) in [5, 5.41) is 12.8. The van der Waals surface area contributed by atoms with Crippen molar-refractivity contribution in [3.8, 4) is 11.4 Å². The highest BCUT2D eigenvalue weighted by Gasteiger charge is 2.16. The minimum Gasteiger partial charge on any atom is -0.351 e. The number of aromatic nitrogens is 3. The molecule has 0 aliphatic heterocycles. The van der Waals surface area contributed by atoms with Crippen molar-refractivity contribution in [3.05, 3.63) is 64.7 Å². The molecule has 1 N–H and O–H groups in total. The van der Waals surface area contributed by atoms with Crippen LogP contribution in [0.4, 0.5) is 0 Å². The maximum Gasteiger partial charge on any atom is 0.230 e. The Bertz CT molecular complexity index is 993. The highest BCUT2D eigenvalue weighted by molar-refractivity contribution is 7.99. The van der Waals surface area contributed by atoms with E-state index in [-0.39, 0.29) is 17.1 Å². The number of halogens is 1. The number of nitrogens with zero attached hydrogens (tertiary/aromatic N) is 3. The van der Waals surface area contributed by atoms with Crippen LogP contribution in [0.25, 0.3) is 11.4 Å². The van der Waals surface area contributed by atoms with Crippen molar-refractivity contribution < 1.29 is 4.79 Å². The number of thioether (sulfide) groups is 1. The van der Waals surface area contributed by atoms with E-state index in [1.165, 1.54) is 17.3 Å². The number of hydrogen-bond acceptors (Lipinski definition) is 4. The molecule has 0 unspecified atom stereocenters. The lowest BCUT2D eigenvalue weighted by atomic mass is 9.87. The van der Waals surface area contributed by atoms with Gasteiger partial charge in [0.1, 0.15) is 0 Å². The zero-order valence-electron chi connectivity index (χ0n) is 17.1. The van der Waals surface area contributed by atoms with Gasteiger partial charge in [0.2, 0.25) is 5.91 Å². The zero-order chi connectivity index (χ0) is 21.0. The molecule has 29 heavy (non-hydrogen) atoms. The van der Waals surface area contributed by atoms with Gasteiger partial charge < -0.3 is 9.88 Å². The molecule has 5 nitrogen and oxygen atoms in total. The van der Waals surface area contributed by atoms with Gasteiger partial charge in [-0.3, -0.25) is 4.79 Å². The van der Waals surface area contributed by atoms with Crippen LogP contribution < -0.4 is 5.32 Å². The van der Waals surface area contributed by atoms with Crippen LogP contribution in [0.5, 0.6) is 0 Å². The molecule has 0 atom stereocenters. The third-order valence-corrected chi connectivity index (χ3v) is 6.00. The molecule has 2 aromatic carbocycles. The summed E-state index contributed by atoms with van der Waals surface area (Å²) in [5.74, 6) is 0.970. The maximum atomic E-state index is 12.2. The Morgan fingerprint density at radius 1 is 1.10 bits per heavy atom. The lowest BCUT2D eigenvalue weighted by Gasteiger charge is -2.19. The highest BCUT2D eigenvalue weighted by Crippen LogP contribution is 2.27. The molecule has 1 amide bonds. The molecule has 0 aliphatic rings. The first-order chi connectivity index (χ1) is 13.8. The minimum absolute atomic E-state index is 0.0750. The van der Waals surface area contributed by atoms with Crippen LogP contribution in [0, 0.1) is 0 Å². The van der Waals surface area contributed by atoms with Crippen LogP contribution in [0.15, 0.2) is 53.7 Å². The van der Waals surface area contributed by atoms with Crippen LogP contribution in [0.1, 0.15) is 31.9 Å². The van der Waals surface area contributed by atoms with Crippen molar-refractivity contribution in [3.63, 3.8) is 0 Å². The molecule has 152 valence electrons. The van der Waals surface area contributed by atoms with E-state index in [0.717, 1.165) is 17.0 Å². The number of hydrogen-bond donors (Lipinski definition) is 1. The number of amides is 1. The summed E-state index contributed by atoms with van der Waals surface area (Å²) >= 11 is 7.48. The van der Waals surface area contributed by atoms with E-state index in [4.69, 9.17) is 11.6 Å². The molecule has 0 bridgehead atoms. The SMILES string of the molecule is Cn1c(SCC(=O)NCc2ccccc2Cl)nnc1-c1ccc(C(C)(C)C)cc1. The van der Waals surface area contributed by atoms with Crippen molar-refractivity contribution in [2.24, 2.45) is 7.05 Å². The second-order valence-corrected chi connectivity index (χ2v) is 9.20. The van der Waals surface area contributed by atoms with Crippen molar-refractivity contribution in [2.45, 2.75) is 37.9 Å². The summed E-state index contributed by atoms with van der Waals surface area (Å²) in [5.41, 5.74) is 3.28. The molecule has 3 rings (SSSR count). The Kier molecular flexibility index (Phi) is 6.65. The van der Waals surface area contributed by atoms with Gasteiger partial charge in [0, 0.05) is 24.2 Å². The van der Waals surface area contributed by atoms with Gasteiger partial charge >= 0.3 is 0 Å². The number of carbonyl (C=O) groups is 1. The first kappa shape index (κ1) is 21.4. The number of carbonyl (C=O) groups excluding carboxylic acids is 1. The first-order valence-electron chi connectivity index (χ1n) is 9.39. The molecule has 0 fully saturated rings. The van der Waals surface area contributed by atoms with Crippen LogP contribution in [0.3, 0.4) is 0 Å². The topological polar surface area (TPSA) is 59.8 Å². The molecule has 0 saturated carbocycles. The van der Waals surface area contributed by atoms with Gasteiger partial charge in [-0.25, -0.2) is 0 Å². The molecule has 1 aromatic heterocycles. The van der Waals surface area contributed by atoms with E-state index in [0.29, 0.717) is 16.7 Å². The molecule has 0 saturated heterocycles. The minimum atomic E-state index is -0.0750. The Morgan fingerprint density at radius 2 is 1.79 bits per heavy atom. The summed E-state index contributed by atoms with van der Waals surface area (Å²) in [6.45, 7) is 6.98. The van der Waals surface area contributed by atoms with Crippen LogP contribution in [-0.4, -0.2) is 26.4 Å². The third-order valence-electron chi connectivity index (χ3n) is 4.61. The third kappa shape index (κ3) is 5.40. The quantitative estimate of drug-likeness (QED) is 0.570. The van der Waals surface area contributed by atoms with Gasteiger partial charge in [-0.05, 0) is 22.6 Å². The molecular formula is C22H25ClN4OS. The molecular weight excluding hydrogens is 404 g/mol. The average Bonchev–Trinajstić information content (AvgIpc) is 3.05. The van der Waals surface area contributed by atoms with Gasteiger partial charge in [-0.1, -0.05) is 86.6 Å². The number of nitrogens with one attached hydrogen (secondary N) is 1. The fourth-order valence-electron chi connectivity index (χ4n) is 2.83. The Morgan fingerprint density at radius 3 is 2.45 bits per heavy atom. The van der Waals surface area contributed by atoms with Crippen molar-refractivity contribution in [1.29, 1.82) is 0 Å². The Labute approximate surface area is 180 Å². The van der Waals surface area contributed by atoms with Crippen molar-refractivity contribution >= 4 is 29.3 Å². The van der Waals surface area contributed by atoms with Crippen molar-refractivity contribution in [1.82, 2.24) is 20.1 Å². The largest absolute Gasteiger partial charge is 0.351 e. The lowest BCUT2D eigenvalue weighted by molar-refractivity contribution is -0.118. The molecule has 3 aromatic rings. The van der Waals surface area contributed by atoms with E-state index < -0.39 is 0 Å². The van der Waals surface area contributed by atoms with E-state index in [1.54, 1.807) is 0 Å². The Hall–Kier alpha value is -2.31. The molecule has 0 aliphatic carbocycles. The standard InChI is InChI=1S/C22H25ClN4OS/c1-22(2,3)17-11-9-15(10-12-17)20-25-26-21(27(20)4)29-14-19(28)24-13-16-7-5-6-8-18(16)23/h5-12H,13-14H2,1-4H3,(H,24,28). The van der Waals surface area contributed by atoms with E-state index in [9.17, 15) is 4.79 Å². The second kappa shape index (κ2) is 9.01. The van der Waals surface area contributed by atoms with Crippen molar-refractivity contribution in [2.75, 3.05) is 5.75 Å². The normalized spacial score (nSPS) is 11.5. The fourth-order valence-corrected chi connectivity index (χ4v) is 3.77. The lowest BCUT2D eigenvalue weighted by Crippen LogP contribution is -2.24. The molecule has 7 heteroatoms. The van der Waals surface area contributed by atoms with E-state index in [2.05, 4.69) is 60.6 Å². The smallest absolute Gasteiger partial charge is 0.230 e. The van der Waals surface area contributed by atoms with Gasteiger partial charge in [0.25, 0.3) is 0 Å². The predicted octanol–water partition coefficient (Wildman–Crippen LogP) is 4.84. The van der Waals surface area contributed by atoms with Gasteiger partial charge in [-0.2, -0.15) is 0 Å². The van der Waals surface area contributed by atoms with Gasteiger partial charge in [0.15, 0.2) is 11.0 Å². The van der Waals surface area contributed by atoms with Gasteiger partial charge in [0.05, 0.1) is 5.75 Å². The summed E-state index contributed by atoms with van der Waals surface area (Å²) < 4.78 is 1.91. The van der Waals surface area contributed by atoms with E-state index in [1.807, 2.05) is 35.9 Å². The summed E-state index contributed by atoms with van der Waals surface area (Å²) in [4.78, 5) is 12.2. The van der Waals surface area contributed by atoms with Crippen LogP contribution in [0.2, 0.25) is 5.02 Å². The molecule has 0 radical (unpaired) electrons. The summed E-state index contributed by atoms with van der Waals surface area (Å²) in [6.07, 6.45) is 0. The highest BCUT2D eigenvalue weighted by atomic mass is 35.5. The monoisotopic (exact) mass is 428 g/mol. The zero-order valence-corrected chi connectivity index (χ0v) is 18.6. The molecule has 0 spiro atoms. The predicted molar refractivity (Wildman–Crippen MR) is 119 cm³/mol. The molecule has 1 heterocycles. The average molecular weight is 429 g/mol. The first-order valence-corrected chi connectivity index (χ1v) is 10.8. The fraction of sp³-hybridized carbons (Fsp3) is 0.318. The maximum absolute atomic E-state index is 12.2.